The smallest absolute Gasteiger partial charge is 0.325 e. The van der Waals surface area contributed by atoms with Crippen LogP contribution in [0.15, 0.2) is 0 Å². The molecule has 2 N–H and O–H groups in total. The number of hydrogen-bond donors (Lipinski definition) is 2. The Balaban J connectivity index is 4.42. The van der Waals surface area contributed by atoms with Gasteiger partial charge in [0.05, 0.1) is 6.61 Å². The van der Waals surface area contributed by atoms with Crippen molar-refractivity contribution in [1.29, 1.82) is 0 Å². The van der Waals surface area contributed by atoms with E-state index in [1.807, 2.05) is 0 Å². The zero-order valence-corrected chi connectivity index (χ0v) is 12.5. The van der Waals surface area contributed by atoms with Crippen molar-refractivity contribution < 1.29 is 24.2 Å². The van der Waals surface area contributed by atoms with Crippen LogP contribution >= 0.6 is 0 Å². The van der Waals surface area contributed by atoms with E-state index < -0.39 is 18.0 Å². The van der Waals surface area contributed by atoms with E-state index >= 15 is 0 Å². The molecule has 0 saturated carbocycles. The Kier molecular flexibility index (Phi) is 8.35. The van der Waals surface area contributed by atoms with Gasteiger partial charge in [0.15, 0.2) is 0 Å². The molecule has 7 nitrogen and oxygen atoms in total. The second kappa shape index (κ2) is 9.17. The maximum atomic E-state index is 12.0. The number of nitrogens with one attached hydrogen (secondary N) is 1. The van der Waals surface area contributed by atoms with Gasteiger partial charge < -0.3 is 20.1 Å². The van der Waals surface area contributed by atoms with Gasteiger partial charge in [0, 0.05) is 18.5 Å². The first-order valence-corrected chi connectivity index (χ1v) is 6.72. The number of carboxylic acids is 1. The second-order valence-corrected chi connectivity index (χ2v) is 4.81. The second-order valence-electron chi connectivity index (χ2n) is 4.81. The Bertz CT molecular complexity index is 344. The summed E-state index contributed by atoms with van der Waals surface area (Å²) < 4.78 is 4.82. The van der Waals surface area contributed by atoms with Crippen LogP contribution in [0.2, 0.25) is 0 Å². The van der Waals surface area contributed by atoms with E-state index in [1.54, 1.807) is 27.7 Å². The monoisotopic (exact) mass is 288 g/mol. The summed E-state index contributed by atoms with van der Waals surface area (Å²) in [4.78, 5) is 35.3. The van der Waals surface area contributed by atoms with Gasteiger partial charge in [0.1, 0.15) is 6.54 Å². The quantitative estimate of drug-likeness (QED) is 0.655. The largest absolute Gasteiger partial charge is 0.481 e. The third-order valence-electron chi connectivity index (χ3n) is 2.65. The van der Waals surface area contributed by atoms with Crippen LogP contribution in [0.4, 0.5) is 4.79 Å². The fourth-order valence-corrected chi connectivity index (χ4v) is 1.54. The molecule has 7 heteroatoms. The number of urea groups is 1. The minimum absolute atomic E-state index is 0.0129. The number of rotatable bonds is 8. The van der Waals surface area contributed by atoms with Gasteiger partial charge in [-0.05, 0) is 34.1 Å². The highest BCUT2D eigenvalue weighted by Gasteiger charge is 2.22. The molecule has 0 bridgehead atoms. The fraction of sp³-hybridized carbons (Fsp3) is 0.769. The first kappa shape index (κ1) is 18.2. The highest BCUT2D eigenvalue weighted by Crippen LogP contribution is 2.03. The molecule has 2 amide bonds. The van der Waals surface area contributed by atoms with Crippen LogP contribution in [0.5, 0.6) is 0 Å². The van der Waals surface area contributed by atoms with E-state index in [9.17, 15) is 14.4 Å². The van der Waals surface area contributed by atoms with Crippen molar-refractivity contribution >= 4 is 18.0 Å². The molecule has 0 spiro atoms. The van der Waals surface area contributed by atoms with Gasteiger partial charge in [-0.15, -0.1) is 0 Å². The number of ether oxygens (including phenoxy) is 1. The molecule has 1 unspecified atom stereocenters. The van der Waals surface area contributed by atoms with Crippen LogP contribution in [0.25, 0.3) is 0 Å². The molecule has 1 atom stereocenters. The topological polar surface area (TPSA) is 95.9 Å². The summed E-state index contributed by atoms with van der Waals surface area (Å²) in [6.45, 7) is 7.15. The van der Waals surface area contributed by atoms with E-state index in [2.05, 4.69) is 5.32 Å². The number of esters is 1. The molecule has 0 aliphatic rings. The third kappa shape index (κ3) is 7.60. The molecule has 0 aromatic rings. The molecule has 0 radical (unpaired) electrons. The van der Waals surface area contributed by atoms with E-state index in [-0.39, 0.29) is 31.7 Å². The molecule has 0 saturated heterocycles. The van der Waals surface area contributed by atoms with Crippen molar-refractivity contribution in [3.63, 3.8) is 0 Å². The highest BCUT2D eigenvalue weighted by atomic mass is 16.5. The maximum absolute atomic E-state index is 12.0. The van der Waals surface area contributed by atoms with Gasteiger partial charge in [0.25, 0.3) is 0 Å². The van der Waals surface area contributed by atoms with Crippen molar-refractivity contribution in [3.05, 3.63) is 0 Å². The summed E-state index contributed by atoms with van der Waals surface area (Å²) in [5, 5.41) is 11.3. The number of carboxylic acid groups (broad SMARTS) is 1. The Hall–Kier alpha value is -1.79. The number of carbonyl (C=O) groups is 3. The maximum Gasteiger partial charge on any atom is 0.325 e. The number of carbonyl (C=O) groups excluding carboxylic acids is 2. The SMILES string of the molecule is CCOC(=O)CN(C(=O)NC(C)CCC(=O)O)C(C)C. The molecule has 0 aromatic carbocycles. The van der Waals surface area contributed by atoms with E-state index in [4.69, 9.17) is 9.84 Å². The zero-order valence-electron chi connectivity index (χ0n) is 12.5. The van der Waals surface area contributed by atoms with Crippen molar-refractivity contribution in [2.24, 2.45) is 0 Å². The average molecular weight is 288 g/mol. The first-order valence-electron chi connectivity index (χ1n) is 6.72. The lowest BCUT2D eigenvalue weighted by Gasteiger charge is -2.27. The number of aliphatic carboxylic acids is 1. The number of hydrogen-bond acceptors (Lipinski definition) is 4. The summed E-state index contributed by atoms with van der Waals surface area (Å²) >= 11 is 0. The Morgan fingerprint density at radius 2 is 1.85 bits per heavy atom. The van der Waals surface area contributed by atoms with E-state index in [0.717, 1.165) is 0 Å². The van der Waals surface area contributed by atoms with Gasteiger partial charge in [-0.2, -0.15) is 0 Å². The van der Waals surface area contributed by atoms with Gasteiger partial charge in [0.2, 0.25) is 0 Å². The van der Waals surface area contributed by atoms with Crippen LogP contribution < -0.4 is 5.32 Å². The molecule has 0 heterocycles. The number of amides is 2. The summed E-state index contributed by atoms with van der Waals surface area (Å²) in [5.41, 5.74) is 0. The molecule has 0 aromatic heterocycles. The zero-order chi connectivity index (χ0) is 15.7. The van der Waals surface area contributed by atoms with Crippen LogP contribution in [-0.4, -0.2) is 53.2 Å². The van der Waals surface area contributed by atoms with Gasteiger partial charge in [-0.3, -0.25) is 9.59 Å². The third-order valence-corrected chi connectivity index (χ3v) is 2.65. The molecule has 0 fully saturated rings. The standard InChI is InChI=1S/C13H24N2O5/c1-5-20-12(18)8-15(9(2)3)13(19)14-10(4)6-7-11(16)17/h9-10H,5-8H2,1-4H3,(H,14,19)(H,16,17). The Labute approximate surface area is 119 Å². The Morgan fingerprint density at radius 3 is 2.30 bits per heavy atom. The molecule has 116 valence electrons. The number of nitrogens with zero attached hydrogens (tertiary/aromatic N) is 1. The lowest BCUT2D eigenvalue weighted by molar-refractivity contribution is -0.144. The summed E-state index contributed by atoms with van der Waals surface area (Å²) in [6.07, 6.45) is 0.327. The fourth-order valence-electron chi connectivity index (χ4n) is 1.54. The van der Waals surface area contributed by atoms with Crippen molar-refractivity contribution in [2.75, 3.05) is 13.2 Å². The highest BCUT2D eigenvalue weighted by molar-refractivity contribution is 5.81. The van der Waals surface area contributed by atoms with Gasteiger partial charge in [-0.1, -0.05) is 0 Å². The lowest BCUT2D eigenvalue weighted by Crippen LogP contribution is -2.49. The molecular formula is C13H24N2O5. The molecule has 0 aliphatic carbocycles. The summed E-state index contributed by atoms with van der Waals surface area (Å²) in [7, 11) is 0. The minimum atomic E-state index is -0.904. The van der Waals surface area contributed by atoms with Crippen LogP contribution in [0.3, 0.4) is 0 Å². The first-order chi connectivity index (χ1) is 9.27. The van der Waals surface area contributed by atoms with Crippen LogP contribution in [0.1, 0.15) is 40.5 Å². The van der Waals surface area contributed by atoms with Crippen molar-refractivity contribution in [1.82, 2.24) is 10.2 Å². The predicted molar refractivity (Wildman–Crippen MR) is 73.3 cm³/mol. The van der Waals surface area contributed by atoms with Gasteiger partial charge >= 0.3 is 18.0 Å². The lowest BCUT2D eigenvalue weighted by atomic mass is 10.2. The van der Waals surface area contributed by atoms with E-state index in [0.29, 0.717) is 6.42 Å². The Morgan fingerprint density at radius 1 is 1.25 bits per heavy atom. The van der Waals surface area contributed by atoms with Crippen LogP contribution in [-0.2, 0) is 14.3 Å². The normalized spacial score (nSPS) is 11.8. The summed E-state index contributed by atoms with van der Waals surface area (Å²) in [6, 6.07) is -0.834. The predicted octanol–water partition coefficient (Wildman–Crippen LogP) is 1.22. The van der Waals surface area contributed by atoms with Crippen molar-refractivity contribution in [2.45, 2.75) is 52.6 Å². The van der Waals surface area contributed by atoms with E-state index in [1.165, 1.54) is 4.90 Å². The molecule has 0 aliphatic heterocycles. The van der Waals surface area contributed by atoms with Crippen molar-refractivity contribution in [3.8, 4) is 0 Å². The van der Waals surface area contributed by atoms with Crippen LogP contribution in [0, 0.1) is 0 Å². The molecule has 0 rings (SSSR count). The summed E-state index contributed by atoms with van der Waals surface area (Å²) in [5.74, 6) is -1.37. The molecule has 20 heavy (non-hydrogen) atoms. The van der Waals surface area contributed by atoms with Gasteiger partial charge in [-0.25, -0.2) is 4.79 Å². The minimum Gasteiger partial charge on any atom is -0.481 e. The molecular weight excluding hydrogens is 264 g/mol. The average Bonchev–Trinajstić information content (AvgIpc) is 2.33.